The molecule has 1 aromatic heterocycles. The van der Waals surface area contributed by atoms with E-state index in [9.17, 15) is 19.1 Å². The number of halogens is 1. The molecule has 2 N–H and O–H groups in total. The van der Waals surface area contributed by atoms with Gasteiger partial charge in [-0.25, -0.2) is 14.2 Å². The molecule has 10 heteroatoms. The molecule has 9 nitrogen and oxygen atoms in total. The third-order valence-corrected chi connectivity index (χ3v) is 6.47. The number of aliphatic hydroxyl groups excluding tert-OH is 1. The molecule has 2 heterocycles. The number of nitrogens with one attached hydrogen (secondary N) is 1. The van der Waals surface area contributed by atoms with E-state index in [2.05, 4.69) is 19.9 Å². The van der Waals surface area contributed by atoms with Crippen molar-refractivity contribution in [3.8, 4) is 5.88 Å². The molecule has 32 heavy (non-hydrogen) atoms. The molecule has 2 atom stereocenters. The largest absolute Gasteiger partial charge is 0.476 e. The minimum Gasteiger partial charge on any atom is -0.476 e. The zero-order valence-corrected chi connectivity index (χ0v) is 18.8. The molecular weight excluding hydrogens is 421 g/mol. The molecule has 1 amide bonds. The van der Waals surface area contributed by atoms with Gasteiger partial charge in [0.25, 0.3) is 5.91 Å². The van der Waals surface area contributed by atoms with Crippen LogP contribution < -0.4 is 15.0 Å². The molecule has 2 fully saturated rings. The van der Waals surface area contributed by atoms with E-state index >= 15 is 0 Å². The van der Waals surface area contributed by atoms with Crippen molar-refractivity contribution in [3.05, 3.63) is 17.8 Å². The van der Waals surface area contributed by atoms with Gasteiger partial charge in [0.1, 0.15) is 16.9 Å². The number of esters is 1. The number of amides is 1. The van der Waals surface area contributed by atoms with Gasteiger partial charge in [0, 0.05) is 26.8 Å². The standard InChI is InChI=1S/C22H32FN3O6/c1-4-22(5-2,21(29)32-13-23)25-19(28)17-6-7-18(26-9-16(10-26)30-3)20(24-17)31-12-15-8-14(15)11-27/h6-7,14-16,27H,4-5,8-13H2,1-3H3,(H,25,28). The van der Waals surface area contributed by atoms with Crippen molar-refractivity contribution in [2.75, 3.05) is 45.2 Å². The summed E-state index contributed by atoms with van der Waals surface area (Å²) in [6, 6.07) is 3.33. The van der Waals surface area contributed by atoms with Crippen molar-refractivity contribution in [2.45, 2.75) is 44.8 Å². The van der Waals surface area contributed by atoms with Crippen molar-refractivity contribution in [1.29, 1.82) is 0 Å². The number of aromatic nitrogens is 1. The van der Waals surface area contributed by atoms with Crippen LogP contribution >= 0.6 is 0 Å². The second kappa shape index (κ2) is 10.4. The van der Waals surface area contributed by atoms with Crippen molar-refractivity contribution in [1.82, 2.24) is 10.3 Å². The molecule has 2 aliphatic rings. The van der Waals surface area contributed by atoms with Gasteiger partial charge in [0.2, 0.25) is 12.7 Å². The molecule has 0 bridgehead atoms. The van der Waals surface area contributed by atoms with E-state index < -0.39 is 24.3 Å². The number of pyridine rings is 1. The van der Waals surface area contributed by atoms with Gasteiger partial charge in [-0.2, -0.15) is 0 Å². The third kappa shape index (κ3) is 5.12. The molecular formula is C22H32FN3O6. The second-order valence-corrected chi connectivity index (χ2v) is 8.32. The number of anilines is 1. The van der Waals surface area contributed by atoms with Crippen molar-refractivity contribution < 1.29 is 33.3 Å². The van der Waals surface area contributed by atoms with Gasteiger partial charge in [0.05, 0.1) is 12.7 Å². The molecule has 1 saturated carbocycles. The van der Waals surface area contributed by atoms with Crippen LogP contribution in [0.15, 0.2) is 12.1 Å². The fraction of sp³-hybridized carbons (Fsp3) is 0.682. The highest BCUT2D eigenvalue weighted by Gasteiger charge is 2.40. The lowest BCUT2D eigenvalue weighted by Crippen LogP contribution is -2.54. The summed E-state index contributed by atoms with van der Waals surface area (Å²) >= 11 is 0. The first-order chi connectivity index (χ1) is 15.4. The average molecular weight is 454 g/mol. The Morgan fingerprint density at radius 2 is 2.00 bits per heavy atom. The molecule has 178 valence electrons. The van der Waals surface area contributed by atoms with Crippen LogP contribution in [0, 0.1) is 11.8 Å². The number of methoxy groups -OCH3 is 1. The Kier molecular flexibility index (Phi) is 7.89. The van der Waals surface area contributed by atoms with Crippen LogP contribution in [0.25, 0.3) is 0 Å². The van der Waals surface area contributed by atoms with E-state index in [1.54, 1.807) is 33.1 Å². The van der Waals surface area contributed by atoms with Crippen LogP contribution in [0.4, 0.5) is 10.1 Å². The van der Waals surface area contributed by atoms with Crippen LogP contribution in [-0.2, 0) is 14.3 Å². The lowest BCUT2D eigenvalue weighted by Gasteiger charge is -2.40. The second-order valence-electron chi connectivity index (χ2n) is 8.32. The average Bonchev–Trinajstić information content (AvgIpc) is 3.54. The van der Waals surface area contributed by atoms with Gasteiger partial charge in [-0.15, -0.1) is 0 Å². The Balaban J connectivity index is 1.78. The first-order valence-corrected chi connectivity index (χ1v) is 11.0. The van der Waals surface area contributed by atoms with Crippen LogP contribution in [0.2, 0.25) is 0 Å². The van der Waals surface area contributed by atoms with Crippen LogP contribution in [0.3, 0.4) is 0 Å². The third-order valence-electron chi connectivity index (χ3n) is 6.47. The molecule has 0 aromatic carbocycles. The summed E-state index contributed by atoms with van der Waals surface area (Å²) in [6.07, 6.45) is 1.51. The van der Waals surface area contributed by atoms with E-state index in [0.717, 1.165) is 12.1 Å². The summed E-state index contributed by atoms with van der Waals surface area (Å²) in [4.78, 5) is 31.7. The zero-order chi connectivity index (χ0) is 23.3. The molecule has 0 spiro atoms. The summed E-state index contributed by atoms with van der Waals surface area (Å²) in [7, 11) is 1.66. The zero-order valence-electron chi connectivity index (χ0n) is 18.8. The van der Waals surface area contributed by atoms with Crippen LogP contribution in [0.5, 0.6) is 5.88 Å². The van der Waals surface area contributed by atoms with Gasteiger partial charge in [0.15, 0.2) is 0 Å². The molecule has 1 saturated heterocycles. The van der Waals surface area contributed by atoms with Crippen molar-refractivity contribution in [3.63, 3.8) is 0 Å². The number of hydrogen-bond acceptors (Lipinski definition) is 8. The normalized spacial score (nSPS) is 20.5. The highest BCUT2D eigenvalue weighted by molar-refractivity contribution is 5.97. The number of ether oxygens (including phenoxy) is 3. The smallest absolute Gasteiger partial charge is 0.334 e. The fourth-order valence-electron chi connectivity index (χ4n) is 3.85. The highest BCUT2D eigenvalue weighted by atomic mass is 19.1. The molecule has 0 radical (unpaired) electrons. The van der Waals surface area contributed by atoms with E-state index in [0.29, 0.717) is 25.6 Å². The summed E-state index contributed by atoms with van der Waals surface area (Å²) in [5, 5.41) is 11.9. The maximum Gasteiger partial charge on any atom is 0.334 e. The number of nitrogens with zero attached hydrogens (tertiary/aromatic N) is 2. The SMILES string of the molecule is CCC(CC)(NC(=O)c1ccc(N2CC(OC)C2)c(OCC2CC2CO)n1)C(=O)OCF. The predicted molar refractivity (Wildman–Crippen MR) is 114 cm³/mol. The highest BCUT2D eigenvalue weighted by Crippen LogP contribution is 2.39. The number of aliphatic hydroxyl groups is 1. The molecule has 3 rings (SSSR count). The summed E-state index contributed by atoms with van der Waals surface area (Å²) in [5.74, 6) is -0.567. The van der Waals surface area contributed by atoms with Crippen LogP contribution in [-0.4, -0.2) is 73.9 Å². The van der Waals surface area contributed by atoms with Gasteiger partial charge in [-0.05, 0) is 43.2 Å². The number of alkyl halides is 1. The molecule has 1 aliphatic carbocycles. The maximum atomic E-state index is 13.0. The van der Waals surface area contributed by atoms with Gasteiger partial charge < -0.3 is 29.5 Å². The monoisotopic (exact) mass is 453 g/mol. The van der Waals surface area contributed by atoms with E-state index in [4.69, 9.17) is 9.47 Å². The lowest BCUT2D eigenvalue weighted by atomic mass is 9.92. The Bertz CT molecular complexity index is 813. The Labute approximate surface area is 187 Å². The van der Waals surface area contributed by atoms with E-state index in [1.165, 1.54) is 0 Å². The quantitative estimate of drug-likeness (QED) is 0.460. The Morgan fingerprint density at radius 3 is 2.56 bits per heavy atom. The lowest BCUT2D eigenvalue weighted by molar-refractivity contribution is -0.155. The minimum atomic E-state index is -1.34. The Morgan fingerprint density at radius 1 is 1.28 bits per heavy atom. The van der Waals surface area contributed by atoms with Gasteiger partial charge in [-0.1, -0.05) is 13.8 Å². The summed E-state index contributed by atoms with van der Waals surface area (Å²) < 4.78 is 28.4. The molecule has 1 aromatic rings. The number of carbonyl (C=O) groups is 2. The minimum absolute atomic E-state index is 0.0846. The van der Waals surface area contributed by atoms with Crippen molar-refractivity contribution >= 4 is 17.6 Å². The number of rotatable bonds is 12. The predicted octanol–water partition coefficient (Wildman–Crippen LogP) is 1.68. The first-order valence-electron chi connectivity index (χ1n) is 11.0. The topological polar surface area (TPSA) is 110 Å². The fourth-order valence-corrected chi connectivity index (χ4v) is 3.85. The van der Waals surface area contributed by atoms with Crippen LogP contribution in [0.1, 0.15) is 43.6 Å². The summed E-state index contributed by atoms with van der Waals surface area (Å²) in [6.45, 7) is 4.09. The van der Waals surface area contributed by atoms with E-state index in [-0.39, 0.29) is 43.1 Å². The maximum absolute atomic E-state index is 13.0. The number of carbonyl (C=O) groups excluding carboxylic acids is 2. The van der Waals surface area contributed by atoms with Gasteiger partial charge >= 0.3 is 5.97 Å². The first kappa shape index (κ1) is 24.2. The molecule has 2 unspecified atom stereocenters. The number of hydrogen-bond donors (Lipinski definition) is 2. The molecule has 1 aliphatic heterocycles. The summed E-state index contributed by atoms with van der Waals surface area (Å²) in [5.41, 5.74) is -0.498. The van der Waals surface area contributed by atoms with E-state index in [1.807, 2.05) is 0 Å². The Hall–Kier alpha value is -2.46. The van der Waals surface area contributed by atoms with Gasteiger partial charge in [-0.3, -0.25) is 4.79 Å². The van der Waals surface area contributed by atoms with Crippen molar-refractivity contribution in [2.24, 2.45) is 11.8 Å².